The van der Waals surface area contributed by atoms with Crippen molar-refractivity contribution in [1.82, 2.24) is 34.8 Å². The Bertz CT molecular complexity index is 906. The zero-order valence-corrected chi connectivity index (χ0v) is 14.6. The average molecular weight is 362 g/mol. The highest BCUT2D eigenvalue weighted by molar-refractivity contribution is 5.92. The molecule has 9 heteroatoms. The van der Waals surface area contributed by atoms with Gasteiger partial charge in [-0.2, -0.15) is 0 Å². The second kappa shape index (κ2) is 7.81. The van der Waals surface area contributed by atoms with Gasteiger partial charge in [0, 0.05) is 37.5 Å². The number of amides is 1. The third-order valence-electron chi connectivity index (χ3n) is 4.37. The third-order valence-corrected chi connectivity index (χ3v) is 4.37. The lowest BCUT2D eigenvalue weighted by molar-refractivity contribution is 0.0599. The summed E-state index contributed by atoms with van der Waals surface area (Å²) in [5.74, 6) is 0.853. The minimum Gasteiger partial charge on any atom is -0.329 e. The predicted octanol–water partition coefficient (Wildman–Crippen LogP) is 2.17. The minimum atomic E-state index is -0.130. The van der Waals surface area contributed by atoms with Crippen molar-refractivity contribution in [2.24, 2.45) is 0 Å². The molecule has 1 amide bonds. The van der Waals surface area contributed by atoms with Crippen molar-refractivity contribution >= 4 is 17.7 Å². The Morgan fingerprint density at radius 1 is 1.00 bits per heavy atom. The first-order valence-corrected chi connectivity index (χ1v) is 8.74. The molecule has 27 heavy (non-hydrogen) atoms. The highest BCUT2D eigenvalue weighted by Crippen LogP contribution is 2.31. The number of carbonyl (C=O) groups excluding carboxylic acids is 1. The summed E-state index contributed by atoms with van der Waals surface area (Å²) < 4.78 is 0. The Morgan fingerprint density at radius 2 is 1.85 bits per heavy atom. The van der Waals surface area contributed by atoms with Gasteiger partial charge in [0.05, 0.1) is 24.1 Å². The van der Waals surface area contributed by atoms with Crippen LogP contribution in [0.2, 0.25) is 0 Å². The maximum atomic E-state index is 12.9. The fourth-order valence-corrected chi connectivity index (χ4v) is 3.14. The van der Waals surface area contributed by atoms with Crippen LogP contribution in [0.1, 0.15) is 41.5 Å². The Kier molecular flexibility index (Phi) is 4.91. The van der Waals surface area contributed by atoms with Crippen molar-refractivity contribution in [1.29, 1.82) is 0 Å². The van der Waals surface area contributed by atoms with Gasteiger partial charge >= 0.3 is 0 Å². The molecule has 136 valence electrons. The summed E-state index contributed by atoms with van der Waals surface area (Å²) in [4.78, 5) is 39.9. The maximum Gasteiger partial charge on any atom is 0.274 e. The molecule has 1 saturated heterocycles. The number of hydrogen-bond donors (Lipinski definition) is 1. The van der Waals surface area contributed by atoms with Crippen molar-refractivity contribution < 1.29 is 4.79 Å². The molecule has 3 aromatic rings. The van der Waals surface area contributed by atoms with Crippen molar-refractivity contribution in [2.45, 2.75) is 25.3 Å². The minimum absolute atomic E-state index is 0.126. The number of carbonyl (C=O) groups is 1. The number of piperidine rings is 1. The van der Waals surface area contributed by atoms with E-state index in [1.807, 2.05) is 11.0 Å². The molecule has 1 aliphatic heterocycles. The summed E-state index contributed by atoms with van der Waals surface area (Å²) in [6, 6.07) is 1.72. The highest BCUT2D eigenvalue weighted by atomic mass is 16.2. The fourth-order valence-electron chi connectivity index (χ4n) is 3.14. The van der Waals surface area contributed by atoms with Gasteiger partial charge in [-0.25, -0.2) is 19.9 Å². The second-order valence-corrected chi connectivity index (χ2v) is 6.12. The number of rotatable bonds is 4. The molecule has 3 aromatic heterocycles. The van der Waals surface area contributed by atoms with E-state index >= 15 is 0 Å². The molecular weight excluding hydrogens is 344 g/mol. The number of nitrogens with one attached hydrogen (secondary N) is 1. The van der Waals surface area contributed by atoms with E-state index in [0.717, 1.165) is 25.0 Å². The smallest absolute Gasteiger partial charge is 0.274 e. The summed E-state index contributed by atoms with van der Waals surface area (Å²) in [5.41, 5.74) is 1.13. The Balaban J connectivity index is 1.58. The molecular formula is C18H18N8O. The monoisotopic (exact) mass is 362 g/mol. The van der Waals surface area contributed by atoms with Crippen LogP contribution in [0.15, 0.2) is 49.4 Å². The molecule has 0 radical (unpaired) electrons. The summed E-state index contributed by atoms with van der Waals surface area (Å²) in [7, 11) is 0. The molecule has 4 rings (SSSR count). The second-order valence-electron chi connectivity index (χ2n) is 6.12. The van der Waals surface area contributed by atoms with Crippen LogP contribution in [0, 0.1) is 0 Å². The van der Waals surface area contributed by atoms with Crippen LogP contribution in [0.4, 0.5) is 11.8 Å². The first-order valence-electron chi connectivity index (χ1n) is 8.74. The number of aromatic nitrogens is 6. The lowest BCUT2D eigenvalue weighted by Crippen LogP contribution is -2.39. The fraction of sp³-hybridized carbons (Fsp3) is 0.278. The van der Waals surface area contributed by atoms with Gasteiger partial charge in [-0.3, -0.25) is 14.8 Å². The normalized spacial score (nSPS) is 16.7. The Morgan fingerprint density at radius 3 is 2.63 bits per heavy atom. The van der Waals surface area contributed by atoms with Crippen LogP contribution >= 0.6 is 0 Å². The third kappa shape index (κ3) is 3.86. The van der Waals surface area contributed by atoms with Gasteiger partial charge < -0.3 is 10.2 Å². The van der Waals surface area contributed by atoms with Crippen molar-refractivity contribution in [2.75, 3.05) is 11.9 Å². The van der Waals surface area contributed by atoms with Crippen LogP contribution in [-0.4, -0.2) is 47.3 Å². The van der Waals surface area contributed by atoms with Crippen molar-refractivity contribution in [3.63, 3.8) is 0 Å². The molecule has 0 spiro atoms. The molecule has 1 aliphatic rings. The van der Waals surface area contributed by atoms with Gasteiger partial charge in [0.2, 0.25) is 5.95 Å². The SMILES string of the molecule is O=C(c1cnccn1)N1CCCC[C@H]1c1ccnc(Nc2cnccn2)n1. The summed E-state index contributed by atoms with van der Waals surface area (Å²) in [6.45, 7) is 0.664. The van der Waals surface area contributed by atoms with E-state index in [9.17, 15) is 4.79 Å². The Labute approximate surface area is 156 Å². The zero-order chi connectivity index (χ0) is 18.5. The van der Waals surface area contributed by atoms with Gasteiger partial charge in [0.1, 0.15) is 5.69 Å². The zero-order valence-electron chi connectivity index (χ0n) is 14.6. The molecule has 0 unspecified atom stereocenters. The molecule has 9 nitrogen and oxygen atoms in total. The molecule has 0 bridgehead atoms. The summed E-state index contributed by atoms with van der Waals surface area (Å²) in [5, 5.41) is 3.04. The van der Waals surface area contributed by atoms with Gasteiger partial charge in [-0.1, -0.05) is 0 Å². The van der Waals surface area contributed by atoms with Crippen LogP contribution in [0.5, 0.6) is 0 Å². The molecule has 1 N–H and O–H groups in total. The molecule has 0 saturated carbocycles. The lowest BCUT2D eigenvalue weighted by Gasteiger charge is -2.35. The van der Waals surface area contributed by atoms with E-state index < -0.39 is 0 Å². The molecule has 4 heterocycles. The van der Waals surface area contributed by atoms with Crippen LogP contribution < -0.4 is 5.32 Å². The molecule has 0 aromatic carbocycles. The van der Waals surface area contributed by atoms with E-state index in [0.29, 0.717) is 24.0 Å². The van der Waals surface area contributed by atoms with E-state index in [-0.39, 0.29) is 11.9 Å². The first kappa shape index (κ1) is 17.0. The van der Waals surface area contributed by atoms with E-state index in [2.05, 4.69) is 35.2 Å². The summed E-state index contributed by atoms with van der Waals surface area (Å²) >= 11 is 0. The quantitative estimate of drug-likeness (QED) is 0.752. The molecule has 1 atom stereocenters. The van der Waals surface area contributed by atoms with Crippen LogP contribution in [0.3, 0.4) is 0 Å². The molecule has 0 aliphatic carbocycles. The van der Waals surface area contributed by atoms with Gasteiger partial charge in [-0.05, 0) is 25.3 Å². The Hall–Kier alpha value is -3.49. The van der Waals surface area contributed by atoms with Crippen molar-refractivity contribution in [3.8, 4) is 0 Å². The van der Waals surface area contributed by atoms with Crippen LogP contribution in [-0.2, 0) is 0 Å². The average Bonchev–Trinajstić information content (AvgIpc) is 2.75. The number of nitrogens with zero attached hydrogens (tertiary/aromatic N) is 7. The lowest BCUT2D eigenvalue weighted by atomic mass is 9.98. The summed E-state index contributed by atoms with van der Waals surface area (Å²) in [6.07, 6.45) is 13.9. The van der Waals surface area contributed by atoms with Gasteiger partial charge in [0.25, 0.3) is 5.91 Å². The standard InChI is InChI=1S/C18H18N8O/c27-17(14-11-19-6-8-21-14)26-10-2-1-3-15(26)13-4-5-23-18(24-13)25-16-12-20-7-9-22-16/h4-9,11-12,15H,1-3,10H2,(H,22,23,24,25)/t15-/m0/s1. The van der Waals surface area contributed by atoms with E-state index in [1.54, 1.807) is 31.0 Å². The molecule has 1 fully saturated rings. The van der Waals surface area contributed by atoms with Crippen LogP contribution in [0.25, 0.3) is 0 Å². The number of hydrogen-bond acceptors (Lipinski definition) is 8. The maximum absolute atomic E-state index is 12.9. The number of likely N-dealkylation sites (tertiary alicyclic amines) is 1. The first-order chi connectivity index (χ1) is 13.3. The van der Waals surface area contributed by atoms with Crippen molar-refractivity contribution in [3.05, 3.63) is 60.8 Å². The topological polar surface area (TPSA) is 110 Å². The highest BCUT2D eigenvalue weighted by Gasteiger charge is 2.30. The largest absolute Gasteiger partial charge is 0.329 e. The van der Waals surface area contributed by atoms with E-state index in [1.165, 1.54) is 12.4 Å². The van der Waals surface area contributed by atoms with Gasteiger partial charge in [0.15, 0.2) is 5.82 Å². The predicted molar refractivity (Wildman–Crippen MR) is 97.0 cm³/mol. The number of anilines is 2. The van der Waals surface area contributed by atoms with Gasteiger partial charge in [-0.15, -0.1) is 0 Å². The van der Waals surface area contributed by atoms with E-state index in [4.69, 9.17) is 0 Å².